The lowest BCUT2D eigenvalue weighted by Gasteiger charge is -2.22. The van der Waals surface area contributed by atoms with E-state index >= 15 is 0 Å². The normalized spacial score (nSPS) is 11.2. The molecule has 0 saturated carbocycles. The zero-order valence-electron chi connectivity index (χ0n) is 13.6. The van der Waals surface area contributed by atoms with Crippen LogP contribution >= 0.6 is 11.6 Å². The Morgan fingerprint density at radius 3 is 2.56 bits per heavy atom. The molecule has 0 aliphatic carbocycles. The largest absolute Gasteiger partial charge is 0.354 e. The molecule has 0 atom stereocenters. The first kappa shape index (κ1) is 19.2. The first-order chi connectivity index (χ1) is 11.8. The summed E-state index contributed by atoms with van der Waals surface area (Å²) in [5, 5.41) is 3.05. The van der Waals surface area contributed by atoms with Crippen molar-refractivity contribution in [2.24, 2.45) is 0 Å². The number of benzene rings is 2. The Morgan fingerprint density at radius 2 is 1.92 bits per heavy atom. The SMILES string of the molecule is CS(=O)(=O)N(CCNC(=O)Cc1cccc(F)c1)c1cccc(Cl)c1. The van der Waals surface area contributed by atoms with Crippen LogP contribution in [0.1, 0.15) is 5.56 Å². The molecule has 0 heterocycles. The smallest absolute Gasteiger partial charge is 0.232 e. The molecule has 5 nitrogen and oxygen atoms in total. The van der Waals surface area contributed by atoms with Gasteiger partial charge in [0.2, 0.25) is 15.9 Å². The van der Waals surface area contributed by atoms with Gasteiger partial charge in [-0.05, 0) is 35.9 Å². The molecule has 0 fully saturated rings. The molecule has 1 N–H and O–H groups in total. The first-order valence-electron chi connectivity index (χ1n) is 7.50. The Bertz CT molecular complexity index is 858. The summed E-state index contributed by atoms with van der Waals surface area (Å²) >= 11 is 5.90. The van der Waals surface area contributed by atoms with E-state index in [0.717, 1.165) is 6.26 Å². The van der Waals surface area contributed by atoms with Crippen molar-refractivity contribution in [2.45, 2.75) is 6.42 Å². The fourth-order valence-electron chi connectivity index (χ4n) is 2.31. The predicted molar refractivity (Wildman–Crippen MR) is 96.8 cm³/mol. The van der Waals surface area contributed by atoms with Gasteiger partial charge < -0.3 is 5.32 Å². The highest BCUT2D eigenvalue weighted by molar-refractivity contribution is 7.92. The average Bonchev–Trinajstić information content (AvgIpc) is 2.50. The van der Waals surface area contributed by atoms with Crippen LogP contribution in [0.4, 0.5) is 10.1 Å². The van der Waals surface area contributed by atoms with Gasteiger partial charge >= 0.3 is 0 Å². The standard InChI is InChI=1S/C17H18ClFN2O3S/c1-25(23,24)21(16-7-3-5-14(18)12-16)9-8-20-17(22)11-13-4-2-6-15(19)10-13/h2-7,10,12H,8-9,11H2,1H3,(H,20,22). The summed E-state index contributed by atoms with van der Waals surface area (Å²) in [4.78, 5) is 11.9. The van der Waals surface area contributed by atoms with Gasteiger partial charge in [-0.15, -0.1) is 0 Å². The lowest BCUT2D eigenvalue weighted by molar-refractivity contribution is -0.120. The third kappa shape index (κ3) is 6.03. The second-order valence-electron chi connectivity index (χ2n) is 5.47. The Morgan fingerprint density at radius 1 is 1.20 bits per heavy atom. The fourth-order valence-corrected chi connectivity index (χ4v) is 3.41. The van der Waals surface area contributed by atoms with E-state index in [1.165, 1.54) is 28.6 Å². The second kappa shape index (κ2) is 8.31. The molecular weight excluding hydrogens is 367 g/mol. The summed E-state index contributed by atoms with van der Waals surface area (Å²) in [6.07, 6.45) is 1.11. The van der Waals surface area contributed by atoms with Crippen molar-refractivity contribution in [3.63, 3.8) is 0 Å². The van der Waals surface area contributed by atoms with E-state index in [2.05, 4.69) is 5.32 Å². The lowest BCUT2D eigenvalue weighted by Crippen LogP contribution is -2.38. The van der Waals surface area contributed by atoms with E-state index in [4.69, 9.17) is 11.6 Å². The number of hydrogen-bond acceptors (Lipinski definition) is 3. The third-order valence-corrected chi connectivity index (χ3v) is 4.82. The van der Waals surface area contributed by atoms with Gasteiger partial charge in [-0.1, -0.05) is 29.8 Å². The Hall–Kier alpha value is -2.12. The Labute approximate surface area is 151 Å². The summed E-state index contributed by atoms with van der Waals surface area (Å²) in [7, 11) is -3.52. The van der Waals surface area contributed by atoms with E-state index in [-0.39, 0.29) is 25.4 Å². The van der Waals surface area contributed by atoms with Crippen molar-refractivity contribution in [1.29, 1.82) is 0 Å². The molecule has 0 spiro atoms. The highest BCUT2D eigenvalue weighted by Gasteiger charge is 2.17. The maximum Gasteiger partial charge on any atom is 0.232 e. The number of carbonyl (C=O) groups excluding carboxylic acids is 1. The minimum absolute atomic E-state index is 0.0216. The molecule has 2 aromatic rings. The van der Waals surface area contributed by atoms with Crippen molar-refractivity contribution in [3.8, 4) is 0 Å². The molecular formula is C17H18ClFN2O3S. The van der Waals surface area contributed by atoms with E-state index < -0.39 is 15.8 Å². The monoisotopic (exact) mass is 384 g/mol. The third-order valence-electron chi connectivity index (χ3n) is 3.39. The predicted octanol–water partition coefficient (Wildman–Crippen LogP) is 2.60. The van der Waals surface area contributed by atoms with Gasteiger partial charge in [-0.2, -0.15) is 0 Å². The Kier molecular flexibility index (Phi) is 6.39. The van der Waals surface area contributed by atoms with Crippen molar-refractivity contribution < 1.29 is 17.6 Å². The molecule has 0 aromatic heterocycles. The summed E-state index contributed by atoms with van der Waals surface area (Å²) in [5.74, 6) is -0.723. The number of nitrogens with one attached hydrogen (secondary N) is 1. The maximum atomic E-state index is 13.1. The van der Waals surface area contributed by atoms with Gasteiger partial charge in [0, 0.05) is 11.6 Å². The Balaban J connectivity index is 1.96. The van der Waals surface area contributed by atoms with Crippen molar-refractivity contribution in [1.82, 2.24) is 5.32 Å². The van der Waals surface area contributed by atoms with Gasteiger partial charge in [-0.25, -0.2) is 12.8 Å². The summed E-state index contributed by atoms with van der Waals surface area (Å²) < 4.78 is 38.2. The van der Waals surface area contributed by atoms with Gasteiger partial charge in [-0.3, -0.25) is 9.10 Å². The number of hydrogen-bond donors (Lipinski definition) is 1. The highest BCUT2D eigenvalue weighted by Crippen LogP contribution is 2.21. The molecule has 0 aliphatic heterocycles. The molecule has 134 valence electrons. The minimum Gasteiger partial charge on any atom is -0.354 e. The number of rotatable bonds is 7. The fraction of sp³-hybridized carbons (Fsp3) is 0.235. The topological polar surface area (TPSA) is 66.5 Å². The number of sulfonamides is 1. The molecule has 25 heavy (non-hydrogen) atoms. The maximum absolute atomic E-state index is 13.1. The molecule has 0 bridgehead atoms. The summed E-state index contributed by atoms with van der Waals surface area (Å²) in [6.45, 7) is 0.182. The molecule has 8 heteroatoms. The van der Waals surface area contributed by atoms with Crippen LogP contribution in [0.25, 0.3) is 0 Å². The number of carbonyl (C=O) groups is 1. The highest BCUT2D eigenvalue weighted by atomic mass is 35.5. The first-order valence-corrected chi connectivity index (χ1v) is 9.73. The summed E-state index contributed by atoms with van der Waals surface area (Å²) in [6, 6.07) is 12.2. The van der Waals surface area contributed by atoms with Crippen LogP contribution in [0, 0.1) is 5.82 Å². The van der Waals surface area contributed by atoms with Crippen LogP contribution in [0.3, 0.4) is 0 Å². The minimum atomic E-state index is -3.52. The quantitative estimate of drug-likeness (QED) is 0.798. The van der Waals surface area contributed by atoms with Gasteiger partial charge in [0.25, 0.3) is 0 Å². The van der Waals surface area contributed by atoms with Gasteiger partial charge in [0.1, 0.15) is 5.82 Å². The molecule has 0 radical (unpaired) electrons. The van der Waals surface area contributed by atoms with Crippen LogP contribution in [0.5, 0.6) is 0 Å². The zero-order chi connectivity index (χ0) is 18.4. The number of amides is 1. The van der Waals surface area contributed by atoms with Crippen LogP contribution in [-0.4, -0.2) is 33.7 Å². The molecule has 0 aliphatic rings. The number of anilines is 1. The van der Waals surface area contributed by atoms with Crippen molar-refractivity contribution >= 4 is 33.2 Å². The van der Waals surface area contributed by atoms with Gasteiger partial charge in [0.05, 0.1) is 24.9 Å². The van der Waals surface area contributed by atoms with Crippen LogP contribution in [0.2, 0.25) is 5.02 Å². The van der Waals surface area contributed by atoms with Crippen LogP contribution in [0.15, 0.2) is 48.5 Å². The lowest BCUT2D eigenvalue weighted by atomic mass is 10.1. The molecule has 0 saturated heterocycles. The second-order valence-corrected chi connectivity index (χ2v) is 7.81. The van der Waals surface area contributed by atoms with E-state index in [0.29, 0.717) is 16.3 Å². The average molecular weight is 385 g/mol. The number of halogens is 2. The number of nitrogens with zero attached hydrogens (tertiary/aromatic N) is 1. The molecule has 2 rings (SSSR count). The molecule has 1 amide bonds. The van der Waals surface area contributed by atoms with Gasteiger partial charge in [0.15, 0.2) is 0 Å². The summed E-state index contributed by atoms with van der Waals surface area (Å²) in [5.41, 5.74) is 0.974. The van der Waals surface area contributed by atoms with Crippen molar-refractivity contribution in [3.05, 3.63) is 64.9 Å². The van der Waals surface area contributed by atoms with Crippen molar-refractivity contribution in [2.75, 3.05) is 23.7 Å². The van der Waals surface area contributed by atoms with Crippen LogP contribution < -0.4 is 9.62 Å². The molecule has 2 aromatic carbocycles. The molecule has 0 unspecified atom stereocenters. The van der Waals surface area contributed by atoms with E-state index in [1.807, 2.05) is 0 Å². The zero-order valence-corrected chi connectivity index (χ0v) is 15.1. The van der Waals surface area contributed by atoms with E-state index in [1.54, 1.807) is 24.3 Å². The van der Waals surface area contributed by atoms with E-state index in [9.17, 15) is 17.6 Å². The van der Waals surface area contributed by atoms with Crippen LogP contribution in [-0.2, 0) is 21.2 Å².